The summed E-state index contributed by atoms with van der Waals surface area (Å²) in [5.41, 5.74) is 7.48. The number of hydrogen-bond acceptors (Lipinski definition) is 2. The molecule has 4 rings (SSSR count). The second kappa shape index (κ2) is 8.51. The summed E-state index contributed by atoms with van der Waals surface area (Å²) in [5.74, 6) is 0. The fraction of sp³-hybridized carbons (Fsp3) is 0.0870. The topological polar surface area (TPSA) is 29.3 Å². The van der Waals surface area contributed by atoms with Gasteiger partial charge in [0.2, 0.25) is 0 Å². The highest BCUT2D eigenvalue weighted by molar-refractivity contribution is 6.31. The Kier molecular flexibility index (Phi) is 5.65. The van der Waals surface area contributed by atoms with Gasteiger partial charge in [0.05, 0.1) is 12.8 Å². The van der Waals surface area contributed by atoms with Crippen LogP contribution in [0, 0.1) is 0 Å². The number of hydrazone groups is 1. The van der Waals surface area contributed by atoms with Crippen molar-refractivity contribution in [1.29, 1.82) is 0 Å². The van der Waals surface area contributed by atoms with Crippen molar-refractivity contribution >= 4 is 40.3 Å². The van der Waals surface area contributed by atoms with Crippen molar-refractivity contribution in [2.24, 2.45) is 5.10 Å². The van der Waals surface area contributed by atoms with Gasteiger partial charge in [-0.25, -0.2) is 0 Å². The smallest absolute Gasteiger partial charge is 0.0594 e. The van der Waals surface area contributed by atoms with Gasteiger partial charge in [0.25, 0.3) is 0 Å². The summed E-state index contributed by atoms with van der Waals surface area (Å²) in [6, 6.07) is 24.0. The van der Waals surface area contributed by atoms with Crippen LogP contribution in [-0.2, 0) is 13.1 Å². The lowest BCUT2D eigenvalue weighted by Crippen LogP contribution is -2.05. The van der Waals surface area contributed by atoms with E-state index in [4.69, 9.17) is 23.2 Å². The van der Waals surface area contributed by atoms with Gasteiger partial charge in [-0.2, -0.15) is 5.10 Å². The third kappa shape index (κ3) is 4.22. The summed E-state index contributed by atoms with van der Waals surface area (Å²) < 4.78 is 2.22. The third-order valence-electron chi connectivity index (χ3n) is 4.58. The van der Waals surface area contributed by atoms with Crippen LogP contribution >= 0.6 is 23.2 Å². The maximum absolute atomic E-state index is 6.19. The summed E-state index contributed by atoms with van der Waals surface area (Å²) in [6.07, 6.45) is 3.97. The van der Waals surface area contributed by atoms with Crippen molar-refractivity contribution in [2.75, 3.05) is 0 Å². The van der Waals surface area contributed by atoms with E-state index in [1.807, 2.05) is 60.8 Å². The molecule has 0 saturated heterocycles. The van der Waals surface area contributed by atoms with E-state index in [1.165, 1.54) is 0 Å². The molecular weight excluding hydrogens is 389 g/mol. The van der Waals surface area contributed by atoms with Crippen molar-refractivity contribution in [3.05, 3.63) is 106 Å². The SMILES string of the molecule is Clc1cccc(Cn2cc(/C=N\NCc3ccccc3Cl)c3ccccc32)c1. The Balaban J connectivity index is 1.55. The second-order valence-electron chi connectivity index (χ2n) is 6.54. The van der Waals surface area contributed by atoms with E-state index in [0.29, 0.717) is 6.54 Å². The molecule has 0 aliphatic rings. The molecule has 0 aliphatic heterocycles. The van der Waals surface area contributed by atoms with Gasteiger partial charge in [-0.15, -0.1) is 0 Å². The van der Waals surface area contributed by atoms with Gasteiger partial charge in [0.15, 0.2) is 0 Å². The molecule has 140 valence electrons. The van der Waals surface area contributed by atoms with Crippen molar-refractivity contribution in [3.8, 4) is 0 Å². The van der Waals surface area contributed by atoms with E-state index in [1.54, 1.807) is 0 Å². The van der Waals surface area contributed by atoms with Crippen LogP contribution in [0.1, 0.15) is 16.7 Å². The summed E-state index contributed by atoms with van der Waals surface area (Å²) in [4.78, 5) is 0. The molecule has 1 aromatic heterocycles. The monoisotopic (exact) mass is 407 g/mol. The van der Waals surface area contributed by atoms with Gasteiger partial charge in [-0.1, -0.05) is 71.7 Å². The number of benzene rings is 3. The maximum Gasteiger partial charge on any atom is 0.0594 e. The van der Waals surface area contributed by atoms with Gasteiger partial charge in [-0.3, -0.25) is 0 Å². The van der Waals surface area contributed by atoms with E-state index in [9.17, 15) is 0 Å². The number of fused-ring (bicyclic) bond motifs is 1. The van der Waals surface area contributed by atoms with Crippen LogP contribution < -0.4 is 5.43 Å². The lowest BCUT2D eigenvalue weighted by molar-refractivity contribution is 0.748. The Labute approximate surface area is 174 Å². The van der Waals surface area contributed by atoms with E-state index >= 15 is 0 Å². The Hall–Kier alpha value is -2.75. The van der Waals surface area contributed by atoms with Crippen LogP contribution in [0.15, 0.2) is 84.1 Å². The first-order valence-corrected chi connectivity index (χ1v) is 9.78. The van der Waals surface area contributed by atoms with Gasteiger partial charge >= 0.3 is 0 Å². The summed E-state index contributed by atoms with van der Waals surface area (Å²) in [7, 11) is 0. The molecule has 0 fully saturated rings. The van der Waals surface area contributed by atoms with E-state index in [0.717, 1.165) is 44.2 Å². The number of para-hydroxylation sites is 1. The molecule has 1 heterocycles. The van der Waals surface area contributed by atoms with Crippen LogP contribution in [0.2, 0.25) is 10.0 Å². The van der Waals surface area contributed by atoms with Crippen molar-refractivity contribution in [1.82, 2.24) is 9.99 Å². The molecule has 3 aromatic carbocycles. The Morgan fingerprint density at radius 1 is 0.929 bits per heavy atom. The molecule has 3 nitrogen and oxygen atoms in total. The zero-order chi connectivity index (χ0) is 19.3. The Morgan fingerprint density at radius 3 is 2.61 bits per heavy atom. The quantitative estimate of drug-likeness (QED) is 0.302. The fourth-order valence-corrected chi connectivity index (χ4v) is 3.64. The molecule has 0 unspecified atom stereocenters. The minimum Gasteiger partial charge on any atom is -0.342 e. The predicted molar refractivity (Wildman–Crippen MR) is 118 cm³/mol. The molecule has 28 heavy (non-hydrogen) atoms. The first kappa shape index (κ1) is 18.6. The molecule has 0 radical (unpaired) electrons. The van der Waals surface area contributed by atoms with Crippen molar-refractivity contribution in [2.45, 2.75) is 13.1 Å². The Bertz CT molecular complexity index is 1130. The molecule has 0 aliphatic carbocycles. The van der Waals surface area contributed by atoms with Crippen LogP contribution in [0.5, 0.6) is 0 Å². The van der Waals surface area contributed by atoms with E-state index in [-0.39, 0.29) is 0 Å². The highest BCUT2D eigenvalue weighted by atomic mass is 35.5. The minimum absolute atomic E-state index is 0.581. The average molecular weight is 408 g/mol. The lowest BCUT2D eigenvalue weighted by atomic mass is 10.2. The second-order valence-corrected chi connectivity index (χ2v) is 7.39. The van der Waals surface area contributed by atoms with Crippen LogP contribution in [0.3, 0.4) is 0 Å². The molecule has 0 saturated carbocycles. The molecular formula is C23H19Cl2N3. The lowest BCUT2D eigenvalue weighted by Gasteiger charge is -2.05. The first-order chi connectivity index (χ1) is 13.7. The van der Waals surface area contributed by atoms with Gasteiger partial charge in [0, 0.05) is 39.3 Å². The zero-order valence-corrected chi connectivity index (χ0v) is 16.7. The molecule has 5 heteroatoms. The number of hydrogen-bond donors (Lipinski definition) is 1. The molecule has 0 atom stereocenters. The van der Waals surface area contributed by atoms with E-state index < -0.39 is 0 Å². The first-order valence-electron chi connectivity index (χ1n) is 9.02. The van der Waals surface area contributed by atoms with Gasteiger partial charge < -0.3 is 9.99 Å². The summed E-state index contributed by atoms with van der Waals surface area (Å²) in [5, 5.41) is 7.04. The van der Waals surface area contributed by atoms with Crippen molar-refractivity contribution < 1.29 is 0 Å². The largest absolute Gasteiger partial charge is 0.342 e. The normalized spacial score (nSPS) is 11.4. The summed E-state index contributed by atoms with van der Waals surface area (Å²) >= 11 is 12.3. The highest BCUT2D eigenvalue weighted by Crippen LogP contribution is 2.22. The van der Waals surface area contributed by atoms with Crippen LogP contribution in [-0.4, -0.2) is 10.8 Å². The molecule has 0 amide bonds. The number of rotatable bonds is 6. The van der Waals surface area contributed by atoms with Gasteiger partial charge in [-0.05, 0) is 35.4 Å². The van der Waals surface area contributed by atoms with Crippen LogP contribution in [0.4, 0.5) is 0 Å². The molecule has 0 bridgehead atoms. The van der Waals surface area contributed by atoms with Crippen LogP contribution in [0.25, 0.3) is 10.9 Å². The zero-order valence-electron chi connectivity index (χ0n) is 15.1. The molecule has 4 aromatic rings. The fourth-order valence-electron chi connectivity index (χ4n) is 3.23. The van der Waals surface area contributed by atoms with E-state index in [2.05, 4.69) is 39.5 Å². The highest BCUT2D eigenvalue weighted by Gasteiger charge is 2.07. The number of aromatic nitrogens is 1. The molecule has 0 spiro atoms. The predicted octanol–water partition coefficient (Wildman–Crippen LogP) is 6.12. The maximum atomic E-state index is 6.19. The number of nitrogens with one attached hydrogen (secondary N) is 1. The molecule has 1 N–H and O–H groups in total. The standard InChI is InChI=1S/C23H19Cl2N3/c24-20-8-5-6-17(12-20)15-28-16-19(21-9-2-4-11-23(21)28)14-27-26-13-18-7-1-3-10-22(18)25/h1-12,14,16,26H,13,15H2/b27-14-. The Morgan fingerprint density at radius 2 is 1.75 bits per heavy atom. The number of nitrogens with zero attached hydrogens (tertiary/aromatic N) is 2. The van der Waals surface area contributed by atoms with Crippen molar-refractivity contribution in [3.63, 3.8) is 0 Å². The third-order valence-corrected chi connectivity index (χ3v) is 5.19. The number of halogens is 2. The summed E-state index contributed by atoms with van der Waals surface area (Å²) in [6.45, 7) is 1.33. The average Bonchev–Trinajstić information content (AvgIpc) is 3.04. The minimum atomic E-state index is 0.581. The van der Waals surface area contributed by atoms with Gasteiger partial charge in [0.1, 0.15) is 0 Å².